The third-order valence-corrected chi connectivity index (χ3v) is 7.06. The van der Waals surface area contributed by atoms with Gasteiger partial charge in [-0.25, -0.2) is 0 Å². The van der Waals surface area contributed by atoms with Crippen molar-refractivity contribution in [3.63, 3.8) is 0 Å². The van der Waals surface area contributed by atoms with Crippen molar-refractivity contribution >= 4 is 33.0 Å². The molecule has 4 N–H and O–H groups in total. The van der Waals surface area contributed by atoms with Gasteiger partial charge >= 0.3 is 0 Å². The lowest BCUT2D eigenvalue weighted by Crippen LogP contribution is -2.19. The summed E-state index contributed by atoms with van der Waals surface area (Å²) in [6.07, 6.45) is 5.96. The Morgan fingerprint density at radius 1 is 0.510 bits per heavy atom. The molecule has 1 heterocycles. The molecule has 2 aromatic carbocycles. The fourth-order valence-electron chi connectivity index (χ4n) is 2.77. The van der Waals surface area contributed by atoms with Crippen LogP contribution in [0.3, 0.4) is 0 Å². The zero-order valence-electron chi connectivity index (χ0n) is 37.1. The van der Waals surface area contributed by atoms with Gasteiger partial charge in [0.2, 0.25) is 0 Å². The minimum Gasteiger partial charge on any atom is -0.375 e. The summed E-state index contributed by atoms with van der Waals surface area (Å²) < 4.78 is 0. The number of hydrogen-bond donors (Lipinski definition) is 2. The molecule has 7 nitrogen and oxygen atoms in total. The summed E-state index contributed by atoms with van der Waals surface area (Å²) in [6.45, 7) is 30.2. The van der Waals surface area contributed by atoms with E-state index in [-0.39, 0.29) is 0 Å². The summed E-state index contributed by atoms with van der Waals surface area (Å²) in [5, 5.41) is 2.25. The van der Waals surface area contributed by atoms with Gasteiger partial charge in [0.15, 0.2) is 0 Å². The van der Waals surface area contributed by atoms with E-state index in [4.69, 9.17) is 4.91 Å². The van der Waals surface area contributed by atoms with Crippen LogP contribution in [-0.4, -0.2) is 64.8 Å². The Kier molecular flexibility index (Phi) is 118. The summed E-state index contributed by atoms with van der Waals surface area (Å²) in [6, 6.07) is 26.9. The molecule has 1 aromatic heterocycles. The minimum absolute atomic E-state index is 1.12. The van der Waals surface area contributed by atoms with Crippen LogP contribution in [0, 0.1) is 4.91 Å². The van der Waals surface area contributed by atoms with E-state index in [0.29, 0.717) is 0 Å². The molecule has 0 amide bonds. The van der Waals surface area contributed by atoms with Crippen LogP contribution in [0.25, 0.3) is 0 Å². The van der Waals surface area contributed by atoms with E-state index in [1.807, 2.05) is 137 Å². The van der Waals surface area contributed by atoms with Crippen molar-refractivity contribution in [1.82, 2.24) is 4.98 Å². The Labute approximate surface area is 328 Å². The number of nitrogens with two attached hydrogens (primary N) is 2. The van der Waals surface area contributed by atoms with E-state index >= 15 is 0 Å². The third kappa shape index (κ3) is 66.3. The van der Waals surface area contributed by atoms with Crippen molar-refractivity contribution in [3.05, 3.63) is 96.2 Å². The zero-order chi connectivity index (χ0) is 42.0. The van der Waals surface area contributed by atoms with Gasteiger partial charge in [0, 0.05) is 62.5 Å². The lowest BCUT2D eigenvalue weighted by atomic mass is 10.3. The van der Waals surface area contributed by atoms with Gasteiger partial charge in [-0.1, -0.05) is 166 Å². The molecule has 0 spiro atoms. The van der Waals surface area contributed by atoms with Crippen molar-refractivity contribution in [2.75, 3.05) is 69.6 Å². The smallest absolute Gasteiger partial charge is 0.0700 e. The highest BCUT2D eigenvalue weighted by Gasteiger charge is 2.01. The molecule has 304 valence electrons. The monoisotopic (exact) mass is 757 g/mol. The first kappa shape index (κ1) is 70.1. The SMILES string of the molecule is CC.CC.CC.CC.CC.CC.CC.CN.CN.CN(CCCSSCCCN(C)c1ccccc1)c1ccccc1.CN=O.c1ccncc1. The first-order chi connectivity index (χ1) is 25.2. The normalized spacial score (nSPS) is 7.24. The molecule has 3 aromatic rings. The second-order valence-electron chi connectivity index (χ2n) is 7.07. The van der Waals surface area contributed by atoms with Crippen LogP contribution < -0.4 is 21.3 Å². The first-order valence-electron chi connectivity index (χ1n) is 19.2. The molecule has 9 heteroatoms. The molecule has 0 unspecified atom stereocenters. The molecule has 51 heavy (non-hydrogen) atoms. The molecule has 0 aliphatic rings. The van der Waals surface area contributed by atoms with Gasteiger partial charge in [-0.15, -0.1) is 0 Å². The zero-order valence-corrected chi connectivity index (χ0v) is 38.7. The second-order valence-corrected chi connectivity index (χ2v) is 9.77. The average Bonchev–Trinajstić information content (AvgIpc) is 3.27. The highest BCUT2D eigenvalue weighted by Crippen LogP contribution is 2.23. The van der Waals surface area contributed by atoms with Crippen molar-refractivity contribution in [2.24, 2.45) is 16.6 Å². The van der Waals surface area contributed by atoms with Gasteiger partial charge in [0.1, 0.15) is 0 Å². The Bertz CT molecular complexity index is 743. The molecule has 0 radical (unpaired) electrons. The fourth-order valence-corrected chi connectivity index (χ4v) is 4.92. The Morgan fingerprint density at radius 3 is 0.941 bits per heavy atom. The minimum atomic E-state index is 1.12. The fraction of sp³-hybridized carbons (Fsp3) is 0.595. The van der Waals surface area contributed by atoms with E-state index < -0.39 is 0 Å². The third-order valence-electron chi connectivity index (χ3n) is 4.49. The predicted octanol–water partition coefficient (Wildman–Crippen LogP) is 13.2. The van der Waals surface area contributed by atoms with Gasteiger partial charge in [-0.3, -0.25) is 4.98 Å². The average molecular weight is 757 g/mol. The molecule has 0 aliphatic heterocycles. The number of hydrogen-bond acceptors (Lipinski definition) is 9. The van der Waals surface area contributed by atoms with Gasteiger partial charge < -0.3 is 21.3 Å². The predicted molar refractivity (Wildman–Crippen MR) is 249 cm³/mol. The first-order valence-corrected chi connectivity index (χ1v) is 21.7. The maximum Gasteiger partial charge on any atom is 0.0700 e. The van der Waals surface area contributed by atoms with Crippen LogP contribution >= 0.6 is 21.6 Å². The summed E-state index contributed by atoms with van der Waals surface area (Å²) in [4.78, 5) is 17.0. The van der Waals surface area contributed by atoms with Gasteiger partial charge in [0.25, 0.3) is 0 Å². The molecule has 0 bridgehead atoms. The van der Waals surface area contributed by atoms with E-state index in [2.05, 4.69) is 106 Å². The molecule has 0 saturated heterocycles. The maximum atomic E-state index is 8.56. The van der Waals surface area contributed by atoms with Crippen molar-refractivity contribution in [1.29, 1.82) is 0 Å². The molecule has 0 saturated carbocycles. The summed E-state index contributed by atoms with van der Waals surface area (Å²) in [5.74, 6) is 2.44. The standard InChI is InChI=1S/C20H28N2S2.C5H5N.7C2H6.CH3NO.2CH5N/c1-21(19-11-5-3-6-12-19)15-9-17-23-24-18-10-16-22(2)20-13-7-4-8-14-20;1-2-4-6-5-3-1;7*1-2;1-2-3;2*1-2/h3-8,11-14H,9-10,15-18H2,1-2H3;1-5H;7*1-2H3;1H3;2*2H2,1H3. The van der Waals surface area contributed by atoms with Crippen molar-refractivity contribution in [2.45, 2.75) is 110 Å². The number of aromatic nitrogens is 1. The van der Waals surface area contributed by atoms with Crippen LogP contribution in [-0.2, 0) is 0 Å². The number of anilines is 2. The summed E-state index contributed by atoms with van der Waals surface area (Å²) >= 11 is 0. The van der Waals surface area contributed by atoms with Crippen LogP contribution in [0.4, 0.5) is 11.4 Å². The lowest BCUT2D eigenvalue weighted by molar-refractivity contribution is 0.859. The molecule has 0 atom stereocenters. The Hall–Kier alpha value is -2.59. The van der Waals surface area contributed by atoms with Crippen LogP contribution in [0.5, 0.6) is 0 Å². The van der Waals surface area contributed by atoms with Gasteiger partial charge in [-0.05, 0) is 63.3 Å². The van der Waals surface area contributed by atoms with Crippen LogP contribution in [0.1, 0.15) is 110 Å². The van der Waals surface area contributed by atoms with E-state index in [0.717, 1.165) is 13.1 Å². The van der Waals surface area contributed by atoms with Gasteiger partial charge in [0.05, 0.1) is 7.05 Å². The second kappa shape index (κ2) is 86.2. The molecule has 3 rings (SSSR count). The largest absolute Gasteiger partial charge is 0.375 e. The number of rotatable bonds is 11. The topological polar surface area (TPSA) is 101 Å². The number of nitroso groups, excluding NO2 is 1. The Morgan fingerprint density at radius 2 is 0.745 bits per heavy atom. The molecular weight excluding hydrogens is 669 g/mol. The van der Waals surface area contributed by atoms with E-state index in [1.54, 1.807) is 12.4 Å². The molecule has 0 fully saturated rings. The number of para-hydroxylation sites is 2. The number of nitrogens with zero attached hydrogens (tertiary/aromatic N) is 4. The highest BCUT2D eigenvalue weighted by atomic mass is 33.1. The lowest BCUT2D eigenvalue weighted by Gasteiger charge is -2.19. The Balaban J connectivity index is -0.0000000771. The number of benzene rings is 2. The van der Waals surface area contributed by atoms with Crippen LogP contribution in [0.2, 0.25) is 0 Å². The molecule has 0 aliphatic carbocycles. The van der Waals surface area contributed by atoms with Gasteiger partial charge in [-0.2, -0.15) is 4.91 Å². The summed E-state index contributed by atoms with van der Waals surface area (Å²) in [5.41, 5.74) is 11.6. The van der Waals surface area contributed by atoms with E-state index in [1.165, 1.54) is 56.9 Å². The van der Waals surface area contributed by atoms with Crippen LogP contribution in [0.15, 0.2) is 96.4 Å². The van der Waals surface area contributed by atoms with Crippen molar-refractivity contribution in [3.8, 4) is 0 Å². The quantitative estimate of drug-likeness (QED) is 0.113. The molecular formula is C42H88N6OS2. The number of pyridine rings is 1. The summed E-state index contributed by atoms with van der Waals surface area (Å²) in [7, 11) is 12.6. The van der Waals surface area contributed by atoms with E-state index in [9.17, 15) is 0 Å². The maximum absolute atomic E-state index is 8.56. The highest BCUT2D eigenvalue weighted by molar-refractivity contribution is 8.76. The van der Waals surface area contributed by atoms with Crippen molar-refractivity contribution < 1.29 is 0 Å².